The van der Waals surface area contributed by atoms with Crippen LogP contribution in [0.1, 0.15) is 11.1 Å². The zero-order valence-electron chi connectivity index (χ0n) is 31.2. The number of aromatic nitrogens is 2. The fourth-order valence-corrected chi connectivity index (χ4v) is 9.60. The van der Waals surface area contributed by atoms with E-state index in [0.717, 1.165) is 12.1 Å². The molecule has 0 saturated heterocycles. The van der Waals surface area contributed by atoms with E-state index in [0.29, 0.717) is 0 Å². The Kier molecular flexibility index (Phi) is 7.02. The van der Waals surface area contributed by atoms with Crippen LogP contribution < -0.4 is 0 Å². The van der Waals surface area contributed by atoms with Gasteiger partial charge in [-0.2, -0.15) is 0 Å². The van der Waals surface area contributed by atoms with Gasteiger partial charge >= 0.3 is 0 Å². The zero-order chi connectivity index (χ0) is 37.5. The number of hydrogen-bond acceptors (Lipinski definition) is 0. The van der Waals surface area contributed by atoms with Gasteiger partial charge in [-0.3, -0.25) is 0 Å². The number of hydrogen-bond donors (Lipinski definition) is 0. The van der Waals surface area contributed by atoms with Crippen LogP contribution >= 0.6 is 0 Å². The highest BCUT2D eigenvalue weighted by Crippen LogP contribution is 2.46. The highest BCUT2D eigenvalue weighted by Gasteiger charge is 2.25. The second kappa shape index (κ2) is 12.6. The van der Waals surface area contributed by atoms with Gasteiger partial charge in [0.25, 0.3) is 0 Å². The molecule has 2 nitrogen and oxygen atoms in total. The first-order valence-electron chi connectivity index (χ1n) is 19.8. The van der Waals surface area contributed by atoms with E-state index >= 15 is 0 Å². The van der Waals surface area contributed by atoms with Crippen LogP contribution in [-0.4, -0.2) is 9.13 Å². The Bertz CT molecular complexity index is 3350. The molecule has 0 aliphatic heterocycles. The molecule has 1 aliphatic carbocycles. The van der Waals surface area contributed by atoms with Gasteiger partial charge in [0, 0.05) is 32.9 Å². The summed E-state index contributed by atoms with van der Waals surface area (Å²) in [5.74, 6) is 0. The Morgan fingerprint density at radius 1 is 0.298 bits per heavy atom. The van der Waals surface area contributed by atoms with Gasteiger partial charge in [-0.1, -0.05) is 158 Å². The minimum atomic E-state index is 0.948. The fraction of sp³-hybridized carbons (Fsp3) is 0.0182. The largest absolute Gasteiger partial charge is 0.309 e. The van der Waals surface area contributed by atoms with Gasteiger partial charge in [0.2, 0.25) is 0 Å². The van der Waals surface area contributed by atoms with Crippen LogP contribution in [0.4, 0.5) is 0 Å². The Balaban J connectivity index is 1.08. The molecule has 1 aliphatic rings. The van der Waals surface area contributed by atoms with Crippen molar-refractivity contribution in [2.45, 2.75) is 6.42 Å². The third-order valence-corrected chi connectivity index (χ3v) is 12.2. The van der Waals surface area contributed by atoms with E-state index in [-0.39, 0.29) is 0 Å². The first kappa shape index (κ1) is 31.9. The molecule has 0 N–H and O–H groups in total. The van der Waals surface area contributed by atoms with Gasteiger partial charge in [0.15, 0.2) is 0 Å². The zero-order valence-corrected chi connectivity index (χ0v) is 31.2. The van der Waals surface area contributed by atoms with E-state index in [1.165, 1.54) is 105 Å². The van der Waals surface area contributed by atoms with Crippen LogP contribution in [0.15, 0.2) is 206 Å². The van der Waals surface area contributed by atoms with E-state index in [4.69, 9.17) is 0 Å². The molecule has 0 unspecified atom stereocenters. The number of rotatable bonds is 5. The lowest BCUT2D eigenvalue weighted by Gasteiger charge is -2.16. The molecule has 2 heteroatoms. The van der Waals surface area contributed by atoms with Crippen LogP contribution in [0.2, 0.25) is 0 Å². The monoisotopic (exact) mass is 724 g/mol. The Morgan fingerprint density at radius 3 is 1.49 bits per heavy atom. The number of para-hydroxylation sites is 2. The molecule has 266 valence electrons. The molecule has 2 heterocycles. The first-order valence-corrected chi connectivity index (χ1v) is 19.8. The molecule has 9 aromatic carbocycles. The fourth-order valence-electron chi connectivity index (χ4n) is 9.60. The van der Waals surface area contributed by atoms with Crippen molar-refractivity contribution in [1.82, 2.24) is 9.13 Å². The van der Waals surface area contributed by atoms with Crippen molar-refractivity contribution in [1.29, 1.82) is 0 Å². The molecule has 0 radical (unpaired) electrons. The highest BCUT2D eigenvalue weighted by atomic mass is 15.0. The van der Waals surface area contributed by atoms with Crippen LogP contribution in [0.25, 0.3) is 99.5 Å². The molecule has 0 amide bonds. The summed E-state index contributed by atoms with van der Waals surface area (Å²) in [4.78, 5) is 0. The smallest absolute Gasteiger partial charge is 0.0548 e. The van der Waals surface area contributed by atoms with Crippen LogP contribution in [-0.2, 0) is 6.42 Å². The van der Waals surface area contributed by atoms with E-state index in [1.54, 1.807) is 0 Å². The SMILES string of the molecule is c1ccc(-c2ccc(-c3cccc(-n4c5ccccc5c5c6c7ccccc7n(-c7cc(-c8ccccc8)c8c(c7)-c7ccccc7C8)c6ccc54)c3)cc2)cc1. The molecule has 0 saturated carbocycles. The van der Waals surface area contributed by atoms with Crippen LogP contribution in [0.5, 0.6) is 0 Å². The summed E-state index contributed by atoms with van der Waals surface area (Å²) in [7, 11) is 0. The van der Waals surface area contributed by atoms with Crippen molar-refractivity contribution >= 4 is 43.6 Å². The van der Waals surface area contributed by atoms with Gasteiger partial charge < -0.3 is 9.13 Å². The maximum absolute atomic E-state index is 2.50. The van der Waals surface area contributed by atoms with Gasteiger partial charge in [0.05, 0.1) is 22.1 Å². The lowest BCUT2D eigenvalue weighted by molar-refractivity contribution is 1.17. The second-order valence-corrected chi connectivity index (χ2v) is 15.3. The molecule has 0 bridgehead atoms. The molecule has 2 aromatic heterocycles. The van der Waals surface area contributed by atoms with E-state index in [9.17, 15) is 0 Å². The number of nitrogens with zero attached hydrogens (tertiary/aromatic N) is 2. The Hall–Kier alpha value is -7.42. The van der Waals surface area contributed by atoms with Gasteiger partial charge in [0.1, 0.15) is 0 Å². The van der Waals surface area contributed by atoms with Crippen LogP contribution in [0, 0.1) is 0 Å². The minimum Gasteiger partial charge on any atom is -0.309 e. The summed E-state index contributed by atoms with van der Waals surface area (Å²) in [6, 6.07) is 75.8. The molecular formula is C55H36N2. The lowest BCUT2D eigenvalue weighted by Crippen LogP contribution is -1.98. The molecular weight excluding hydrogens is 689 g/mol. The Morgan fingerprint density at radius 2 is 0.807 bits per heavy atom. The molecule has 11 aromatic rings. The third-order valence-electron chi connectivity index (χ3n) is 12.2. The summed E-state index contributed by atoms with van der Waals surface area (Å²) in [6.45, 7) is 0. The standard InChI is InChI=1S/C55H36N2/c1-3-14-36(15-4-1)37-26-28-38(29-27-37)40-19-13-20-42(32-40)56-50-24-11-9-22-45(50)54-52(56)30-31-53-55(54)46-23-10-12-25-51(46)57(53)43-34-47(39-16-5-2-6-17-39)48-33-41-18-7-8-21-44(41)49(48)35-43/h1-32,34-35H,33H2. The summed E-state index contributed by atoms with van der Waals surface area (Å²) < 4.78 is 4.96. The minimum absolute atomic E-state index is 0.948. The maximum Gasteiger partial charge on any atom is 0.0548 e. The molecule has 0 spiro atoms. The van der Waals surface area contributed by atoms with Gasteiger partial charge in [-0.25, -0.2) is 0 Å². The molecule has 12 rings (SSSR count). The van der Waals surface area contributed by atoms with Crippen molar-refractivity contribution in [2.75, 3.05) is 0 Å². The lowest BCUT2D eigenvalue weighted by atomic mass is 9.94. The summed E-state index contributed by atoms with van der Waals surface area (Å²) >= 11 is 0. The van der Waals surface area contributed by atoms with E-state index < -0.39 is 0 Å². The van der Waals surface area contributed by atoms with E-state index in [2.05, 4.69) is 215 Å². The predicted molar refractivity (Wildman–Crippen MR) is 240 cm³/mol. The van der Waals surface area contributed by atoms with Crippen LogP contribution in [0.3, 0.4) is 0 Å². The van der Waals surface area contributed by atoms with Crippen molar-refractivity contribution in [2.24, 2.45) is 0 Å². The van der Waals surface area contributed by atoms with Crippen molar-refractivity contribution in [3.05, 3.63) is 217 Å². The number of fused-ring (bicyclic) bond motifs is 10. The highest BCUT2D eigenvalue weighted by molar-refractivity contribution is 6.29. The maximum atomic E-state index is 2.50. The molecule has 0 fully saturated rings. The van der Waals surface area contributed by atoms with Gasteiger partial charge in [-0.15, -0.1) is 0 Å². The summed E-state index contributed by atoms with van der Waals surface area (Å²) in [5, 5.41) is 5.08. The van der Waals surface area contributed by atoms with Crippen molar-refractivity contribution in [3.8, 4) is 55.9 Å². The van der Waals surface area contributed by atoms with Gasteiger partial charge in [-0.05, 0) is 111 Å². The van der Waals surface area contributed by atoms with Crippen molar-refractivity contribution < 1.29 is 0 Å². The van der Waals surface area contributed by atoms with E-state index in [1.807, 2.05) is 0 Å². The summed E-state index contributed by atoms with van der Waals surface area (Å²) in [6.07, 6.45) is 0.948. The predicted octanol–water partition coefficient (Wildman–Crippen LogP) is 14.5. The average Bonchev–Trinajstić information content (AvgIpc) is 3.94. The third kappa shape index (κ3) is 4.91. The molecule has 0 atom stereocenters. The van der Waals surface area contributed by atoms with Crippen molar-refractivity contribution in [3.63, 3.8) is 0 Å². The first-order chi connectivity index (χ1) is 28.3. The quantitative estimate of drug-likeness (QED) is 0.167. The Labute approximate surface area is 331 Å². The molecule has 57 heavy (non-hydrogen) atoms. The summed E-state index contributed by atoms with van der Waals surface area (Å²) in [5.41, 5.74) is 20.1. The normalized spacial score (nSPS) is 12.1. The topological polar surface area (TPSA) is 9.86 Å². The average molecular weight is 725 g/mol. The second-order valence-electron chi connectivity index (χ2n) is 15.3. The number of benzene rings is 9.